The molecule has 1 aliphatic rings. The Kier molecular flexibility index (Phi) is 2.31. The van der Waals surface area contributed by atoms with Gasteiger partial charge in [-0.2, -0.15) is 13.2 Å². The van der Waals surface area contributed by atoms with E-state index in [1.54, 1.807) is 26.0 Å². The van der Waals surface area contributed by atoms with Gasteiger partial charge in [0.2, 0.25) is 0 Å². The molecule has 0 saturated carbocycles. The zero-order valence-electron chi connectivity index (χ0n) is 7.07. The first kappa shape index (κ1) is 9.36. The maximum atomic E-state index is 12.3. The molecular weight excluding hydrogens is 165 g/mol. The summed E-state index contributed by atoms with van der Waals surface area (Å²) in [4.78, 5) is 0. The summed E-state index contributed by atoms with van der Waals surface area (Å²) in [6, 6.07) is 0. The molecule has 1 atom stereocenters. The maximum Gasteiger partial charge on any atom is 0.395 e. The first-order valence-electron chi connectivity index (χ1n) is 3.83. The van der Waals surface area contributed by atoms with Crippen LogP contribution in [0.15, 0.2) is 23.3 Å². The highest BCUT2D eigenvalue weighted by Gasteiger charge is 2.40. The van der Waals surface area contributed by atoms with Crippen molar-refractivity contribution in [2.75, 3.05) is 0 Å². The normalized spacial score (nSPS) is 24.9. The fraction of sp³-hybridized carbons (Fsp3) is 0.556. The second kappa shape index (κ2) is 2.96. The fourth-order valence-corrected chi connectivity index (χ4v) is 1.34. The molecule has 12 heavy (non-hydrogen) atoms. The van der Waals surface area contributed by atoms with Crippen LogP contribution < -0.4 is 0 Å². The van der Waals surface area contributed by atoms with Crippen molar-refractivity contribution in [3.05, 3.63) is 23.3 Å². The molecule has 0 spiro atoms. The molecule has 0 aromatic rings. The van der Waals surface area contributed by atoms with Gasteiger partial charge >= 0.3 is 6.18 Å². The van der Waals surface area contributed by atoms with Crippen LogP contribution in [0.1, 0.15) is 20.3 Å². The molecule has 1 rings (SSSR count). The van der Waals surface area contributed by atoms with Crippen molar-refractivity contribution in [3.8, 4) is 0 Å². The molecule has 0 radical (unpaired) electrons. The molecule has 0 nitrogen and oxygen atoms in total. The molecule has 0 aromatic carbocycles. The standard InChI is InChI=1S/C9H11F3/c1-6-4-3-5-8(7(6)2)9(10,11)12/h3-4,8H,5H2,1-2H3. The van der Waals surface area contributed by atoms with Gasteiger partial charge in [-0.1, -0.05) is 23.3 Å². The minimum absolute atomic E-state index is 0.0900. The Bertz CT molecular complexity index is 233. The van der Waals surface area contributed by atoms with Crippen LogP contribution in [0.5, 0.6) is 0 Å². The highest BCUT2D eigenvalue weighted by molar-refractivity contribution is 5.29. The zero-order valence-corrected chi connectivity index (χ0v) is 7.07. The quantitative estimate of drug-likeness (QED) is 0.530. The smallest absolute Gasteiger partial charge is 0.170 e. The summed E-state index contributed by atoms with van der Waals surface area (Å²) in [6.07, 6.45) is -0.666. The van der Waals surface area contributed by atoms with Gasteiger partial charge in [0, 0.05) is 0 Å². The summed E-state index contributed by atoms with van der Waals surface area (Å²) in [6.45, 7) is 3.26. The van der Waals surface area contributed by atoms with Crippen molar-refractivity contribution in [3.63, 3.8) is 0 Å². The Hall–Kier alpha value is -0.730. The van der Waals surface area contributed by atoms with E-state index in [4.69, 9.17) is 0 Å². The van der Waals surface area contributed by atoms with Gasteiger partial charge in [-0.15, -0.1) is 0 Å². The monoisotopic (exact) mass is 176 g/mol. The third-order valence-corrected chi connectivity index (χ3v) is 2.28. The van der Waals surface area contributed by atoms with E-state index in [1.165, 1.54) is 0 Å². The first-order valence-corrected chi connectivity index (χ1v) is 3.83. The highest BCUT2D eigenvalue weighted by Crippen LogP contribution is 2.38. The SMILES string of the molecule is CC1=C(C)C(C(F)(F)F)CC=C1. The van der Waals surface area contributed by atoms with Crippen molar-refractivity contribution < 1.29 is 13.2 Å². The van der Waals surface area contributed by atoms with Gasteiger partial charge < -0.3 is 0 Å². The molecule has 1 unspecified atom stereocenters. The molecule has 0 aromatic heterocycles. The minimum Gasteiger partial charge on any atom is -0.170 e. The van der Waals surface area contributed by atoms with Crippen molar-refractivity contribution in [1.82, 2.24) is 0 Å². The number of hydrogen-bond donors (Lipinski definition) is 0. The third kappa shape index (κ3) is 1.71. The summed E-state index contributed by atoms with van der Waals surface area (Å²) < 4.78 is 36.9. The lowest BCUT2D eigenvalue weighted by molar-refractivity contribution is -0.163. The minimum atomic E-state index is -4.09. The van der Waals surface area contributed by atoms with Crippen molar-refractivity contribution in [2.45, 2.75) is 26.4 Å². The van der Waals surface area contributed by atoms with E-state index in [2.05, 4.69) is 0 Å². The molecule has 0 bridgehead atoms. The van der Waals surface area contributed by atoms with Gasteiger partial charge in [0.1, 0.15) is 0 Å². The van der Waals surface area contributed by atoms with Gasteiger partial charge in [0.15, 0.2) is 0 Å². The van der Waals surface area contributed by atoms with E-state index in [0.29, 0.717) is 5.57 Å². The van der Waals surface area contributed by atoms with Crippen LogP contribution in [-0.2, 0) is 0 Å². The van der Waals surface area contributed by atoms with Crippen molar-refractivity contribution in [2.24, 2.45) is 5.92 Å². The molecule has 0 amide bonds. The Morgan fingerprint density at radius 3 is 2.33 bits per heavy atom. The van der Waals surface area contributed by atoms with Crippen LogP contribution >= 0.6 is 0 Å². The average molecular weight is 176 g/mol. The Balaban J connectivity index is 2.91. The lowest BCUT2D eigenvalue weighted by Crippen LogP contribution is -2.25. The molecule has 68 valence electrons. The van der Waals surface area contributed by atoms with Crippen LogP contribution in [0.25, 0.3) is 0 Å². The van der Waals surface area contributed by atoms with E-state index in [9.17, 15) is 13.2 Å². The molecule has 1 aliphatic carbocycles. The van der Waals surface area contributed by atoms with Crippen molar-refractivity contribution >= 4 is 0 Å². The largest absolute Gasteiger partial charge is 0.395 e. The number of halogens is 3. The van der Waals surface area contributed by atoms with Gasteiger partial charge in [0.25, 0.3) is 0 Å². The van der Waals surface area contributed by atoms with E-state index in [0.717, 1.165) is 5.57 Å². The lowest BCUT2D eigenvalue weighted by atomic mass is 9.88. The third-order valence-electron chi connectivity index (χ3n) is 2.28. The van der Waals surface area contributed by atoms with Crippen LogP contribution in [0, 0.1) is 5.92 Å². The van der Waals surface area contributed by atoms with Gasteiger partial charge in [-0.3, -0.25) is 0 Å². The molecule has 0 saturated heterocycles. The van der Waals surface area contributed by atoms with Crippen LogP contribution in [0.4, 0.5) is 13.2 Å². The summed E-state index contributed by atoms with van der Waals surface area (Å²) in [7, 11) is 0. The van der Waals surface area contributed by atoms with Crippen LogP contribution in [0.3, 0.4) is 0 Å². The molecule has 0 fully saturated rings. The first-order chi connectivity index (χ1) is 5.43. The summed E-state index contributed by atoms with van der Waals surface area (Å²) in [5.74, 6) is -1.26. The summed E-state index contributed by atoms with van der Waals surface area (Å²) >= 11 is 0. The topological polar surface area (TPSA) is 0 Å². The zero-order chi connectivity index (χ0) is 9.35. The van der Waals surface area contributed by atoms with Crippen LogP contribution in [-0.4, -0.2) is 6.18 Å². The Morgan fingerprint density at radius 2 is 1.92 bits per heavy atom. The second-order valence-electron chi connectivity index (χ2n) is 3.10. The number of allylic oxidation sites excluding steroid dienone is 4. The molecule has 0 aliphatic heterocycles. The Morgan fingerprint density at radius 1 is 1.33 bits per heavy atom. The molecule has 3 heteroatoms. The molecular formula is C9H11F3. The number of hydrogen-bond acceptors (Lipinski definition) is 0. The summed E-state index contributed by atoms with van der Waals surface area (Å²) in [5, 5.41) is 0. The summed E-state index contributed by atoms with van der Waals surface area (Å²) in [5.41, 5.74) is 1.19. The predicted molar refractivity (Wildman–Crippen MR) is 41.7 cm³/mol. The second-order valence-corrected chi connectivity index (χ2v) is 3.10. The van der Waals surface area contributed by atoms with Crippen molar-refractivity contribution in [1.29, 1.82) is 0 Å². The fourth-order valence-electron chi connectivity index (χ4n) is 1.34. The van der Waals surface area contributed by atoms with Gasteiger partial charge in [-0.25, -0.2) is 0 Å². The van der Waals surface area contributed by atoms with E-state index in [-0.39, 0.29) is 6.42 Å². The van der Waals surface area contributed by atoms with E-state index in [1.807, 2.05) is 0 Å². The van der Waals surface area contributed by atoms with Crippen LogP contribution in [0.2, 0.25) is 0 Å². The van der Waals surface area contributed by atoms with Gasteiger partial charge in [0.05, 0.1) is 5.92 Å². The van der Waals surface area contributed by atoms with E-state index >= 15 is 0 Å². The lowest BCUT2D eigenvalue weighted by Gasteiger charge is -2.23. The average Bonchev–Trinajstić information content (AvgIpc) is 1.92. The highest BCUT2D eigenvalue weighted by atomic mass is 19.4. The number of alkyl halides is 3. The Labute approximate surface area is 69.8 Å². The molecule has 0 N–H and O–H groups in total. The predicted octanol–water partition coefficient (Wildman–Crippen LogP) is 3.46. The molecule has 0 heterocycles. The number of rotatable bonds is 0. The maximum absolute atomic E-state index is 12.3. The van der Waals surface area contributed by atoms with Gasteiger partial charge in [-0.05, 0) is 20.3 Å². The van der Waals surface area contributed by atoms with E-state index < -0.39 is 12.1 Å².